The quantitative estimate of drug-likeness (QED) is 0.0193. The number of hydrogen-bond acceptors (Lipinski definition) is 19. The molecule has 1 aromatic heterocycles. The van der Waals surface area contributed by atoms with Gasteiger partial charge in [-0.25, -0.2) is 4.79 Å². The highest BCUT2D eigenvalue weighted by atomic mass is 35.5. The highest BCUT2D eigenvalue weighted by molar-refractivity contribution is 6.31. The molecule has 1 aliphatic heterocycles. The molecule has 0 bridgehead atoms. The monoisotopic (exact) mass is 1410 g/mol. The summed E-state index contributed by atoms with van der Waals surface area (Å²) in [6.45, 7) is 17.1. The summed E-state index contributed by atoms with van der Waals surface area (Å²) in [5.41, 5.74) is 3.95. The molecule has 2 heterocycles. The van der Waals surface area contributed by atoms with Gasteiger partial charge in [-0.1, -0.05) is 99.5 Å². The Morgan fingerprint density at radius 1 is 0.570 bits per heavy atom. The molecule has 1 aliphatic rings. The van der Waals surface area contributed by atoms with Gasteiger partial charge >= 0.3 is 6.09 Å². The molecule has 4 aromatic carbocycles. The first-order valence-electron chi connectivity index (χ1n) is 33.8. The van der Waals surface area contributed by atoms with Crippen molar-refractivity contribution in [2.24, 2.45) is 11.8 Å². The third kappa shape index (κ3) is 28.7. The standard InChI is InChI=1S/C73H96ClN7O19/c1-50(2)66(79-63(83)26-31-91-33-35-93-37-39-95-41-43-97-45-46-98-44-42-96-40-38-94-36-34-92-32-28-75-62(82)25-30-80-64(84)23-24-65(80)85)71(88)77-53(6)70(87)78-58-20-15-55(16-21-58)49-99-73(90)76-27-10-29-81(72(89)56-17-13-52(5)14-18-56)67(51(3)4)69-60(47-54-11-8-7-9-12-54)68(86)59-22-19-57(74)48-61(59)100-69/h7-9,11-24,48,50-51,53,66-67H,10,25-47,49H2,1-6H3,(H,75,82)(H,76,90)(H,77,88)(H,78,87)(H,79,83)/t53-,66-,67+/m0/s1. The molecule has 27 heteroatoms. The fraction of sp³-hybridized carbons (Fsp3) is 0.493. The molecule has 3 atom stereocenters. The van der Waals surface area contributed by atoms with E-state index in [9.17, 15) is 43.2 Å². The molecular weight excluding hydrogens is 1310 g/mol. The van der Waals surface area contributed by atoms with Crippen molar-refractivity contribution in [1.29, 1.82) is 0 Å². The number of halogens is 1. The van der Waals surface area contributed by atoms with Crippen LogP contribution in [-0.4, -0.2) is 201 Å². The lowest BCUT2D eigenvalue weighted by Crippen LogP contribution is -2.53. The summed E-state index contributed by atoms with van der Waals surface area (Å²) >= 11 is 6.41. The third-order valence-corrected chi connectivity index (χ3v) is 15.8. The minimum atomic E-state index is -0.965. The van der Waals surface area contributed by atoms with E-state index in [4.69, 9.17) is 58.6 Å². The second-order valence-corrected chi connectivity index (χ2v) is 24.5. The number of ether oxygens (including phenoxy) is 9. The number of anilines is 1. The Hall–Kier alpha value is -8.44. The Bertz CT molecular complexity index is 3460. The number of nitrogens with one attached hydrogen (secondary N) is 5. The zero-order valence-electron chi connectivity index (χ0n) is 58.0. The number of imide groups is 1. The Morgan fingerprint density at radius 2 is 1.13 bits per heavy atom. The van der Waals surface area contributed by atoms with Crippen molar-refractivity contribution < 1.29 is 85.4 Å². The van der Waals surface area contributed by atoms with E-state index >= 15 is 0 Å². The average Bonchev–Trinajstić information content (AvgIpc) is 0.889. The Morgan fingerprint density at radius 3 is 1.69 bits per heavy atom. The summed E-state index contributed by atoms with van der Waals surface area (Å²) in [6, 6.07) is 25.9. The summed E-state index contributed by atoms with van der Waals surface area (Å²) in [7, 11) is 0. The Kier molecular flexibility index (Phi) is 36.0. The molecule has 0 saturated carbocycles. The molecule has 5 aromatic rings. The van der Waals surface area contributed by atoms with Crippen molar-refractivity contribution in [3.05, 3.63) is 158 Å². The van der Waals surface area contributed by atoms with Crippen molar-refractivity contribution in [2.45, 2.75) is 92.0 Å². The topological polar surface area (TPSA) is 316 Å². The number of benzene rings is 4. The van der Waals surface area contributed by atoms with Gasteiger partial charge in [-0.15, -0.1) is 0 Å². The molecule has 0 aliphatic carbocycles. The summed E-state index contributed by atoms with van der Waals surface area (Å²) in [6.07, 6.45) is 2.31. The fourth-order valence-electron chi connectivity index (χ4n) is 10.2. The van der Waals surface area contributed by atoms with Gasteiger partial charge in [-0.2, -0.15) is 0 Å². The molecule has 544 valence electrons. The van der Waals surface area contributed by atoms with Crippen LogP contribution >= 0.6 is 11.6 Å². The molecule has 0 saturated heterocycles. The van der Waals surface area contributed by atoms with Crippen LogP contribution in [0.3, 0.4) is 0 Å². The van der Waals surface area contributed by atoms with Crippen LogP contribution in [-0.2, 0) is 84.4 Å². The Labute approximate surface area is 588 Å². The predicted octanol–water partition coefficient (Wildman–Crippen LogP) is 7.04. The van der Waals surface area contributed by atoms with Gasteiger partial charge in [0.05, 0.1) is 117 Å². The maximum Gasteiger partial charge on any atom is 0.407 e. The van der Waals surface area contributed by atoms with Crippen LogP contribution in [0.2, 0.25) is 5.02 Å². The van der Waals surface area contributed by atoms with Gasteiger partial charge in [-0.3, -0.25) is 43.3 Å². The highest BCUT2D eigenvalue weighted by Gasteiger charge is 2.35. The maximum absolute atomic E-state index is 14.6. The van der Waals surface area contributed by atoms with Crippen molar-refractivity contribution in [1.82, 2.24) is 31.1 Å². The molecule has 0 spiro atoms. The molecule has 0 radical (unpaired) electrons. The fourth-order valence-corrected chi connectivity index (χ4v) is 10.4. The lowest BCUT2D eigenvalue weighted by atomic mass is 9.91. The number of carbonyl (C=O) groups is 8. The van der Waals surface area contributed by atoms with Crippen molar-refractivity contribution in [2.75, 3.05) is 137 Å². The number of fused-ring (bicyclic) bond motifs is 1. The number of amides is 8. The minimum absolute atomic E-state index is 0.00198. The molecular formula is C73H96ClN7O19. The lowest BCUT2D eigenvalue weighted by Gasteiger charge is -2.35. The highest BCUT2D eigenvalue weighted by Crippen LogP contribution is 2.35. The number of nitrogens with zero attached hydrogens (tertiary/aromatic N) is 2. The van der Waals surface area contributed by atoms with Crippen LogP contribution < -0.4 is 32.0 Å². The Balaban J connectivity index is 0.773. The lowest BCUT2D eigenvalue weighted by molar-refractivity contribution is -0.137. The van der Waals surface area contributed by atoms with Crippen LogP contribution in [0.15, 0.2) is 118 Å². The van der Waals surface area contributed by atoms with Crippen molar-refractivity contribution in [3.8, 4) is 0 Å². The maximum atomic E-state index is 14.6. The van der Waals surface area contributed by atoms with Crippen molar-refractivity contribution >= 4 is 75.7 Å². The first-order valence-corrected chi connectivity index (χ1v) is 34.2. The number of alkyl carbamates (subject to hydrolysis) is 1. The first kappa shape index (κ1) is 80.5. The van der Waals surface area contributed by atoms with Crippen LogP contribution in [0.5, 0.6) is 0 Å². The van der Waals surface area contributed by atoms with Gasteiger partial charge in [0.25, 0.3) is 17.7 Å². The van der Waals surface area contributed by atoms with E-state index in [1.54, 1.807) is 73.3 Å². The smallest absolute Gasteiger partial charge is 0.407 e. The predicted molar refractivity (Wildman–Crippen MR) is 373 cm³/mol. The van der Waals surface area contributed by atoms with E-state index in [2.05, 4.69) is 26.6 Å². The first-order chi connectivity index (χ1) is 48.3. The molecule has 8 amide bonds. The average molecular weight is 1410 g/mol. The number of hydrogen-bond donors (Lipinski definition) is 5. The van der Waals surface area contributed by atoms with E-state index in [1.807, 2.05) is 63.2 Å². The number of rotatable bonds is 48. The van der Waals surface area contributed by atoms with Gasteiger partial charge in [0.2, 0.25) is 23.6 Å². The van der Waals surface area contributed by atoms with Crippen LogP contribution in [0.4, 0.5) is 10.5 Å². The van der Waals surface area contributed by atoms with E-state index in [0.717, 1.165) is 16.0 Å². The second kappa shape index (κ2) is 44.6. The molecule has 100 heavy (non-hydrogen) atoms. The van der Waals surface area contributed by atoms with Crippen LogP contribution in [0.1, 0.15) is 98.3 Å². The number of carbonyl (C=O) groups excluding carboxylic acids is 8. The van der Waals surface area contributed by atoms with Gasteiger partial charge < -0.3 is 78.5 Å². The summed E-state index contributed by atoms with van der Waals surface area (Å²) in [4.78, 5) is 119. The van der Waals surface area contributed by atoms with E-state index in [0.29, 0.717) is 150 Å². The second-order valence-electron chi connectivity index (χ2n) is 24.1. The van der Waals surface area contributed by atoms with E-state index in [1.165, 1.54) is 19.1 Å². The summed E-state index contributed by atoms with van der Waals surface area (Å²) < 4.78 is 56.2. The zero-order chi connectivity index (χ0) is 72.0. The normalized spacial score (nSPS) is 13.0. The molecule has 0 fully saturated rings. The third-order valence-electron chi connectivity index (χ3n) is 15.6. The summed E-state index contributed by atoms with van der Waals surface area (Å²) in [5.74, 6) is -2.95. The van der Waals surface area contributed by atoms with E-state index in [-0.39, 0.29) is 87.8 Å². The van der Waals surface area contributed by atoms with Crippen LogP contribution in [0.25, 0.3) is 11.0 Å². The minimum Gasteiger partial charge on any atom is -0.458 e. The molecule has 6 rings (SSSR count). The van der Waals surface area contributed by atoms with E-state index < -0.39 is 53.8 Å². The molecule has 26 nitrogen and oxygen atoms in total. The summed E-state index contributed by atoms with van der Waals surface area (Å²) in [5, 5.41) is 14.5. The van der Waals surface area contributed by atoms with Gasteiger partial charge in [0, 0.05) is 85.5 Å². The molecule has 5 N–H and O–H groups in total. The van der Waals surface area contributed by atoms with Gasteiger partial charge in [0.15, 0.2) is 5.43 Å². The largest absolute Gasteiger partial charge is 0.458 e. The van der Waals surface area contributed by atoms with Crippen molar-refractivity contribution in [3.63, 3.8) is 0 Å². The van der Waals surface area contributed by atoms with Gasteiger partial charge in [0.1, 0.15) is 30.0 Å². The number of aryl methyl sites for hydroxylation is 1. The van der Waals surface area contributed by atoms with Crippen LogP contribution in [0, 0.1) is 18.8 Å². The SMILES string of the molecule is Cc1ccc(C(=O)N(CCCNC(=O)OCc2ccc(NC(=O)[C@H](C)NC(=O)[C@@H](NC(=O)CCOCCOCCOCCOCCOCCOCCOCCOCCNC(=O)CCN3C(=O)C=CC3=O)C(C)C)cc2)[C@@H](c2oc3cc(Cl)ccc3c(=O)c2Cc2ccccc2)C(C)C)cc1. The van der Waals surface area contributed by atoms with Gasteiger partial charge in [-0.05, 0) is 79.6 Å². The molecule has 0 unspecified atom stereocenters. The zero-order valence-corrected chi connectivity index (χ0v) is 58.7.